The number of thioether (sulfide) groups is 1. The molecule has 1 aromatic carbocycles. The van der Waals surface area contributed by atoms with Crippen molar-refractivity contribution in [2.75, 3.05) is 17.3 Å². The minimum atomic E-state index is -0.219. The summed E-state index contributed by atoms with van der Waals surface area (Å²) in [6.07, 6.45) is 0. The van der Waals surface area contributed by atoms with Gasteiger partial charge in [0.05, 0.1) is 23.7 Å². The number of ether oxygens (including phenoxy) is 1. The van der Waals surface area contributed by atoms with E-state index in [1.165, 1.54) is 35.6 Å². The number of carbonyl (C=O) groups excluding carboxylic acids is 2. The number of carbonyl (C=O) groups is 2. The maximum atomic E-state index is 12.2. The van der Waals surface area contributed by atoms with Crippen LogP contribution < -0.4 is 4.90 Å². The van der Waals surface area contributed by atoms with E-state index in [-0.39, 0.29) is 11.9 Å². The first kappa shape index (κ1) is 19.5. The van der Waals surface area contributed by atoms with Crippen molar-refractivity contribution < 1.29 is 14.3 Å². The summed E-state index contributed by atoms with van der Waals surface area (Å²) in [5, 5.41) is 2.56. The van der Waals surface area contributed by atoms with E-state index in [1.807, 2.05) is 37.4 Å². The lowest BCUT2D eigenvalue weighted by atomic mass is 10.1. The first-order valence-electron chi connectivity index (χ1n) is 7.98. The van der Waals surface area contributed by atoms with Gasteiger partial charge in [0.1, 0.15) is 0 Å². The molecule has 0 unspecified atom stereocenters. The van der Waals surface area contributed by atoms with Gasteiger partial charge in [0.25, 0.3) is 0 Å². The van der Waals surface area contributed by atoms with Crippen molar-refractivity contribution >= 4 is 45.8 Å². The summed E-state index contributed by atoms with van der Waals surface area (Å²) < 4.78 is 4.90. The Bertz CT molecular complexity index is 759. The number of nitrogens with zero attached hydrogens (tertiary/aromatic N) is 2. The van der Waals surface area contributed by atoms with Gasteiger partial charge in [0.2, 0.25) is 5.91 Å². The molecule has 1 aromatic heterocycles. The molecule has 0 bridgehead atoms. The van der Waals surface area contributed by atoms with Gasteiger partial charge in [0.15, 0.2) is 5.13 Å². The number of aromatic nitrogens is 1. The van der Waals surface area contributed by atoms with Crippen LogP contribution in [0.2, 0.25) is 0 Å². The number of anilines is 2. The van der Waals surface area contributed by atoms with Gasteiger partial charge in [-0.2, -0.15) is 0 Å². The zero-order chi connectivity index (χ0) is 18.4. The molecule has 5 nitrogen and oxygen atoms in total. The van der Waals surface area contributed by atoms with Crippen LogP contribution in [0.15, 0.2) is 23.6 Å². The molecule has 0 aliphatic rings. The van der Waals surface area contributed by atoms with Crippen LogP contribution in [-0.2, 0) is 20.1 Å². The lowest BCUT2D eigenvalue weighted by molar-refractivity contribution is -0.139. The molecule has 2 rings (SSSR count). The molecule has 2 aromatic rings. The van der Waals surface area contributed by atoms with Crippen LogP contribution in [-0.4, -0.2) is 29.2 Å². The van der Waals surface area contributed by atoms with Crippen LogP contribution >= 0.6 is 23.1 Å². The summed E-state index contributed by atoms with van der Waals surface area (Å²) in [6.45, 7) is 7.78. The fourth-order valence-corrected chi connectivity index (χ4v) is 3.90. The van der Waals surface area contributed by atoms with E-state index in [9.17, 15) is 9.59 Å². The van der Waals surface area contributed by atoms with Crippen molar-refractivity contribution in [2.45, 2.75) is 33.4 Å². The Balaban J connectivity index is 2.10. The largest absolute Gasteiger partial charge is 0.465 e. The third-order valence-corrected chi connectivity index (χ3v) is 5.38. The van der Waals surface area contributed by atoms with E-state index >= 15 is 0 Å². The molecule has 0 atom stereocenters. The maximum absolute atomic E-state index is 12.2. The molecule has 1 amide bonds. The predicted molar refractivity (Wildman–Crippen MR) is 104 cm³/mol. The molecule has 0 N–H and O–H groups in total. The molecule has 0 spiro atoms. The molecule has 1 heterocycles. The summed E-state index contributed by atoms with van der Waals surface area (Å²) in [4.78, 5) is 29.7. The fraction of sp³-hybridized carbons (Fsp3) is 0.389. The Morgan fingerprint density at radius 1 is 1.28 bits per heavy atom. The normalized spacial score (nSPS) is 10.6. The standard InChI is InChI=1S/C18H22N2O3S2/c1-5-23-17(22)11-24-9-15-10-25-18(19-15)20(14(4)21)16-7-6-12(2)13(3)8-16/h6-8,10H,5,9,11H2,1-4H3. The summed E-state index contributed by atoms with van der Waals surface area (Å²) >= 11 is 2.88. The number of amides is 1. The Morgan fingerprint density at radius 3 is 2.68 bits per heavy atom. The van der Waals surface area contributed by atoms with Crippen LogP contribution in [0.25, 0.3) is 0 Å². The quantitative estimate of drug-likeness (QED) is 0.675. The average Bonchev–Trinajstić information content (AvgIpc) is 2.99. The second-order valence-corrected chi connectivity index (χ2v) is 7.36. The van der Waals surface area contributed by atoms with E-state index < -0.39 is 0 Å². The highest BCUT2D eigenvalue weighted by Crippen LogP contribution is 2.31. The summed E-state index contributed by atoms with van der Waals surface area (Å²) in [7, 11) is 0. The number of rotatable bonds is 7. The lowest BCUT2D eigenvalue weighted by Crippen LogP contribution is -2.22. The van der Waals surface area contributed by atoms with E-state index in [1.54, 1.807) is 11.8 Å². The monoisotopic (exact) mass is 378 g/mol. The summed E-state index contributed by atoms with van der Waals surface area (Å²) in [5.41, 5.74) is 3.98. The summed E-state index contributed by atoms with van der Waals surface area (Å²) in [6, 6.07) is 5.93. The molecule has 0 saturated carbocycles. The van der Waals surface area contributed by atoms with Crippen molar-refractivity contribution in [3.63, 3.8) is 0 Å². The van der Waals surface area contributed by atoms with Crippen LogP contribution in [0.4, 0.5) is 10.8 Å². The van der Waals surface area contributed by atoms with E-state index in [4.69, 9.17) is 4.74 Å². The average molecular weight is 379 g/mol. The molecular formula is C18H22N2O3S2. The Morgan fingerprint density at radius 2 is 2.04 bits per heavy atom. The molecule has 134 valence electrons. The van der Waals surface area contributed by atoms with Gasteiger partial charge >= 0.3 is 5.97 Å². The van der Waals surface area contributed by atoms with Gasteiger partial charge in [-0.3, -0.25) is 14.5 Å². The van der Waals surface area contributed by atoms with Crippen molar-refractivity contribution in [1.29, 1.82) is 0 Å². The Labute approximate surface area is 156 Å². The van der Waals surface area contributed by atoms with E-state index in [2.05, 4.69) is 4.98 Å². The lowest BCUT2D eigenvalue weighted by Gasteiger charge is -2.19. The number of hydrogen-bond donors (Lipinski definition) is 0. The first-order chi connectivity index (χ1) is 11.9. The zero-order valence-corrected chi connectivity index (χ0v) is 16.5. The van der Waals surface area contributed by atoms with E-state index in [0.29, 0.717) is 23.2 Å². The second kappa shape index (κ2) is 9.01. The van der Waals surface area contributed by atoms with Crippen LogP contribution in [0.5, 0.6) is 0 Å². The summed E-state index contributed by atoms with van der Waals surface area (Å²) in [5.74, 6) is 0.606. The van der Waals surface area contributed by atoms with Crippen LogP contribution in [0.3, 0.4) is 0 Å². The highest BCUT2D eigenvalue weighted by molar-refractivity contribution is 7.99. The van der Waals surface area contributed by atoms with Gasteiger partial charge in [-0.05, 0) is 44.0 Å². The Kier molecular flexibility index (Phi) is 7.01. The van der Waals surface area contributed by atoms with Gasteiger partial charge in [-0.25, -0.2) is 4.98 Å². The van der Waals surface area contributed by atoms with Crippen molar-refractivity contribution in [3.8, 4) is 0 Å². The third kappa shape index (κ3) is 5.31. The molecule has 0 aliphatic carbocycles. The van der Waals surface area contributed by atoms with Gasteiger partial charge in [0, 0.05) is 18.1 Å². The second-order valence-electron chi connectivity index (χ2n) is 5.54. The fourth-order valence-electron chi connectivity index (χ4n) is 2.20. The van der Waals surface area contributed by atoms with Crippen molar-refractivity contribution in [1.82, 2.24) is 4.98 Å². The van der Waals surface area contributed by atoms with Gasteiger partial charge in [-0.15, -0.1) is 23.1 Å². The van der Waals surface area contributed by atoms with Gasteiger partial charge in [-0.1, -0.05) is 6.07 Å². The number of benzene rings is 1. The van der Waals surface area contributed by atoms with Crippen molar-refractivity contribution in [3.05, 3.63) is 40.4 Å². The first-order valence-corrected chi connectivity index (χ1v) is 10.0. The molecule has 0 aliphatic heterocycles. The SMILES string of the molecule is CCOC(=O)CSCc1csc(N(C(C)=O)c2ccc(C)c(C)c2)n1. The van der Waals surface area contributed by atoms with Crippen molar-refractivity contribution in [2.24, 2.45) is 0 Å². The smallest absolute Gasteiger partial charge is 0.315 e. The van der Waals surface area contributed by atoms with E-state index in [0.717, 1.165) is 16.9 Å². The highest BCUT2D eigenvalue weighted by Gasteiger charge is 2.18. The predicted octanol–water partition coefficient (Wildman–Crippen LogP) is 4.24. The number of aryl methyl sites for hydroxylation is 2. The maximum Gasteiger partial charge on any atom is 0.315 e. The Hall–Kier alpha value is -1.86. The minimum Gasteiger partial charge on any atom is -0.465 e. The topological polar surface area (TPSA) is 59.5 Å². The number of thiazole rings is 1. The van der Waals surface area contributed by atoms with Gasteiger partial charge < -0.3 is 4.74 Å². The minimum absolute atomic E-state index is 0.0803. The molecule has 0 radical (unpaired) electrons. The molecule has 7 heteroatoms. The molecule has 0 saturated heterocycles. The van der Waals surface area contributed by atoms with Crippen LogP contribution in [0, 0.1) is 13.8 Å². The van der Waals surface area contributed by atoms with Crippen LogP contribution in [0.1, 0.15) is 30.7 Å². The molecule has 25 heavy (non-hydrogen) atoms. The highest BCUT2D eigenvalue weighted by atomic mass is 32.2. The number of hydrogen-bond acceptors (Lipinski definition) is 6. The molecule has 0 fully saturated rings. The number of esters is 1. The third-order valence-electron chi connectivity index (χ3n) is 3.57. The molecular weight excluding hydrogens is 356 g/mol. The zero-order valence-electron chi connectivity index (χ0n) is 14.9.